The van der Waals surface area contributed by atoms with Gasteiger partial charge in [-0.3, -0.25) is 0 Å². The van der Waals surface area contributed by atoms with E-state index in [4.69, 9.17) is 9.47 Å². The number of aryl methyl sites for hydroxylation is 1. The van der Waals surface area contributed by atoms with Gasteiger partial charge in [-0.15, -0.1) is 5.10 Å². The van der Waals surface area contributed by atoms with Crippen molar-refractivity contribution >= 4 is 5.69 Å². The molecule has 1 aliphatic rings. The number of methoxy groups -OCH3 is 1. The second kappa shape index (κ2) is 7.17. The fraction of sp³-hybridized carbons (Fsp3) is 0.300. The van der Waals surface area contributed by atoms with Crippen LogP contribution < -0.4 is 9.64 Å². The minimum absolute atomic E-state index is 0.214. The summed E-state index contributed by atoms with van der Waals surface area (Å²) in [6, 6.07) is 16.3. The summed E-state index contributed by atoms with van der Waals surface area (Å²) in [7, 11) is 1.67. The lowest BCUT2D eigenvalue weighted by atomic mass is 10.1. The average Bonchev–Trinajstić information content (AvgIpc) is 3.33. The summed E-state index contributed by atoms with van der Waals surface area (Å²) in [5.41, 5.74) is 4.40. The molecule has 3 aromatic rings. The zero-order valence-corrected chi connectivity index (χ0v) is 15.0. The van der Waals surface area contributed by atoms with Crippen LogP contribution in [0.15, 0.2) is 54.7 Å². The predicted octanol–water partition coefficient (Wildman–Crippen LogP) is 3.18. The SMILES string of the molecule is COc1ccc(N2CCO[C@@H]2c2cn(Cc3ccccc3C)nn2)cc1. The minimum atomic E-state index is -0.214. The van der Waals surface area contributed by atoms with E-state index in [1.54, 1.807) is 7.11 Å². The number of benzene rings is 2. The van der Waals surface area contributed by atoms with Gasteiger partial charge in [0, 0.05) is 12.2 Å². The number of hydrogen-bond acceptors (Lipinski definition) is 5. The molecular formula is C20H22N4O2. The molecule has 0 aliphatic carbocycles. The van der Waals surface area contributed by atoms with Crippen LogP contribution in [-0.4, -0.2) is 35.3 Å². The molecule has 6 heteroatoms. The second-order valence-electron chi connectivity index (χ2n) is 6.38. The van der Waals surface area contributed by atoms with Gasteiger partial charge in [0.1, 0.15) is 11.4 Å². The average molecular weight is 350 g/mol. The Morgan fingerprint density at radius 1 is 1.15 bits per heavy atom. The quantitative estimate of drug-likeness (QED) is 0.707. The first-order valence-corrected chi connectivity index (χ1v) is 8.71. The lowest BCUT2D eigenvalue weighted by molar-refractivity contribution is 0.110. The molecule has 1 fully saturated rings. The normalized spacial score (nSPS) is 16.8. The Hall–Kier alpha value is -2.86. The fourth-order valence-corrected chi connectivity index (χ4v) is 3.22. The van der Waals surface area contributed by atoms with E-state index in [-0.39, 0.29) is 6.23 Å². The first-order valence-electron chi connectivity index (χ1n) is 8.71. The highest BCUT2D eigenvalue weighted by Crippen LogP contribution is 2.32. The summed E-state index contributed by atoms with van der Waals surface area (Å²) in [5.74, 6) is 0.842. The number of anilines is 1. The summed E-state index contributed by atoms with van der Waals surface area (Å²) in [6.07, 6.45) is 1.76. The van der Waals surface area contributed by atoms with Crippen molar-refractivity contribution in [1.29, 1.82) is 0 Å². The Labute approximate surface area is 153 Å². The van der Waals surface area contributed by atoms with E-state index in [0.29, 0.717) is 13.2 Å². The number of aromatic nitrogens is 3. The van der Waals surface area contributed by atoms with Crippen LogP contribution in [0.4, 0.5) is 5.69 Å². The van der Waals surface area contributed by atoms with E-state index in [1.165, 1.54) is 11.1 Å². The van der Waals surface area contributed by atoms with Gasteiger partial charge < -0.3 is 14.4 Å². The molecule has 1 aliphatic heterocycles. The molecule has 1 atom stereocenters. The van der Waals surface area contributed by atoms with Crippen LogP contribution in [0.3, 0.4) is 0 Å². The highest BCUT2D eigenvalue weighted by molar-refractivity contribution is 5.50. The summed E-state index contributed by atoms with van der Waals surface area (Å²) in [4.78, 5) is 2.20. The highest BCUT2D eigenvalue weighted by atomic mass is 16.5. The molecule has 0 unspecified atom stereocenters. The van der Waals surface area contributed by atoms with Gasteiger partial charge in [-0.25, -0.2) is 4.68 Å². The van der Waals surface area contributed by atoms with Gasteiger partial charge in [0.05, 0.1) is 26.5 Å². The molecule has 1 saturated heterocycles. The van der Waals surface area contributed by atoms with Crippen LogP contribution in [0.25, 0.3) is 0 Å². The topological polar surface area (TPSA) is 52.4 Å². The summed E-state index contributed by atoms with van der Waals surface area (Å²) >= 11 is 0. The van der Waals surface area contributed by atoms with Crippen molar-refractivity contribution in [2.24, 2.45) is 0 Å². The lowest BCUT2D eigenvalue weighted by Crippen LogP contribution is -2.23. The van der Waals surface area contributed by atoms with Gasteiger partial charge >= 0.3 is 0 Å². The first-order chi connectivity index (χ1) is 12.7. The van der Waals surface area contributed by atoms with Crippen molar-refractivity contribution < 1.29 is 9.47 Å². The van der Waals surface area contributed by atoms with Gasteiger partial charge in [0.15, 0.2) is 6.23 Å². The maximum atomic E-state index is 5.93. The zero-order valence-electron chi connectivity index (χ0n) is 15.0. The van der Waals surface area contributed by atoms with Crippen molar-refractivity contribution in [2.75, 3.05) is 25.2 Å². The second-order valence-corrected chi connectivity index (χ2v) is 6.38. The van der Waals surface area contributed by atoms with Gasteiger partial charge in [-0.2, -0.15) is 0 Å². The van der Waals surface area contributed by atoms with Crippen molar-refractivity contribution in [3.63, 3.8) is 0 Å². The van der Waals surface area contributed by atoms with Crippen molar-refractivity contribution in [3.05, 3.63) is 71.5 Å². The predicted molar refractivity (Wildman–Crippen MR) is 99.3 cm³/mol. The van der Waals surface area contributed by atoms with Gasteiger partial charge in [-0.1, -0.05) is 29.5 Å². The maximum Gasteiger partial charge on any atom is 0.177 e. The van der Waals surface area contributed by atoms with E-state index < -0.39 is 0 Å². The maximum absolute atomic E-state index is 5.93. The van der Waals surface area contributed by atoms with E-state index in [0.717, 1.165) is 23.7 Å². The van der Waals surface area contributed by atoms with E-state index in [2.05, 4.69) is 34.3 Å². The Kier molecular flexibility index (Phi) is 4.58. The van der Waals surface area contributed by atoms with Gasteiger partial charge in [0.25, 0.3) is 0 Å². The molecular weight excluding hydrogens is 328 g/mol. The number of rotatable bonds is 5. The number of hydrogen-bond donors (Lipinski definition) is 0. The minimum Gasteiger partial charge on any atom is -0.497 e. The molecule has 2 heterocycles. The molecule has 1 aromatic heterocycles. The van der Waals surface area contributed by atoms with Crippen LogP contribution in [0.5, 0.6) is 5.75 Å². The van der Waals surface area contributed by atoms with Gasteiger partial charge in [0.2, 0.25) is 0 Å². The monoisotopic (exact) mass is 350 g/mol. The molecule has 134 valence electrons. The van der Waals surface area contributed by atoms with E-state index in [9.17, 15) is 0 Å². The van der Waals surface area contributed by atoms with Crippen molar-refractivity contribution in [2.45, 2.75) is 19.7 Å². The van der Waals surface area contributed by atoms with E-state index in [1.807, 2.05) is 47.3 Å². The molecule has 4 rings (SSSR count). The van der Waals surface area contributed by atoms with Gasteiger partial charge in [-0.05, 0) is 42.3 Å². The third-order valence-electron chi connectivity index (χ3n) is 4.70. The molecule has 26 heavy (non-hydrogen) atoms. The number of nitrogens with zero attached hydrogens (tertiary/aromatic N) is 4. The first kappa shape index (κ1) is 16.6. The summed E-state index contributed by atoms with van der Waals surface area (Å²) in [5, 5.41) is 8.65. The standard InChI is InChI=1S/C20H22N4O2/c1-15-5-3-4-6-16(15)13-23-14-19(21-22-23)20-24(11-12-26-20)17-7-9-18(25-2)10-8-17/h3-10,14,20H,11-13H2,1-2H3/t20-/m1/s1. The lowest BCUT2D eigenvalue weighted by Gasteiger charge is -2.23. The molecule has 0 bridgehead atoms. The molecule has 0 saturated carbocycles. The van der Waals surface area contributed by atoms with Crippen molar-refractivity contribution in [3.8, 4) is 5.75 Å². The molecule has 0 radical (unpaired) electrons. The zero-order chi connectivity index (χ0) is 17.9. The molecule has 0 spiro atoms. The molecule has 2 aromatic carbocycles. The Morgan fingerprint density at radius 3 is 2.73 bits per heavy atom. The van der Waals surface area contributed by atoms with E-state index >= 15 is 0 Å². The third-order valence-corrected chi connectivity index (χ3v) is 4.70. The Bertz CT molecular complexity index is 876. The van der Waals surface area contributed by atoms with Crippen LogP contribution >= 0.6 is 0 Å². The molecule has 0 amide bonds. The van der Waals surface area contributed by atoms with Crippen LogP contribution in [0, 0.1) is 6.92 Å². The Balaban J connectivity index is 1.53. The Morgan fingerprint density at radius 2 is 1.96 bits per heavy atom. The van der Waals surface area contributed by atoms with Crippen LogP contribution in [-0.2, 0) is 11.3 Å². The fourth-order valence-electron chi connectivity index (χ4n) is 3.22. The largest absolute Gasteiger partial charge is 0.497 e. The highest BCUT2D eigenvalue weighted by Gasteiger charge is 2.29. The smallest absolute Gasteiger partial charge is 0.177 e. The summed E-state index contributed by atoms with van der Waals surface area (Å²) in [6.45, 7) is 4.30. The number of ether oxygens (including phenoxy) is 2. The third kappa shape index (κ3) is 3.28. The van der Waals surface area contributed by atoms with Crippen LogP contribution in [0.1, 0.15) is 23.0 Å². The summed E-state index contributed by atoms with van der Waals surface area (Å²) < 4.78 is 13.0. The molecule has 0 N–H and O–H groups in total. The van der Waals surface area contributed by atoms with Crippen LogP contribution in [0.2, 0.25) is 0 Å². The van der Waals surface area contributed by atoms with Crippen molar-refractivity contribution in [1.82, 2.24) is 15.0 Å². The molecule has 6 nitrogen and oxygen atoms in total.